The summed E-state index contributed by atoms with van der Waals surface area (Å²) < 4.78 is 0. The van der Waals surface area contributed by atoms with E-state index < -0.39 is 0 Å². The van der Waals surface area contributed by atoms with Crippen molar-refractivity contribution in [2.24, 2.45) is 4.99 Å². The first-order valence-corrected chi connectivity index (χ1v) is 6.93. The molecule has 2 rings (SSSR count). The monoisotopic (exact) mass is 245 g/mol. The maximum absolute atomic E-state index is 4.56. The fourth-order valence-electron chi connectivity index (χ4n) is 2.53. The van der Waals surface area contributed by atoms with Crippen LogP contribution in [-0.2, 0) is 0 Å². The van der Waals surface area contributed by atoms with Crippen LogP contribution in [0.2, 0.25) is 0 Å². The van der Waals surface area contributed by atoms with Gasteiger partial charge in [0.2, 0.25) is 0 Å². The molecule has 0 aromatic heterocycles. The SMILES string of the molecule is CCN=C(NCC)N1CCC(c2ccccc2)C1. The summed E-state index contributed by atoms with van der Waals surface area (Å²) in [5.74, 6) is 1.71. The van der Waals surface area contributed by atoms with E-state index in [2.05, 4.69) is 59.4 Å². The highest BCUT2D eigenvalue weighted by Crippen LogP contribution is 2.26. The molecule has 0 spiro atoms. The van der Waals surface area contributed by atoms with E-state index in [0.717, 1.165) is 32.1 Å². The van der Waals surface area contributed by atoms with Gasteiger partial charge in [-0.3, -0.25) is 4.99 Å². The Bertz CT molecular complexity index is 386. The van der Waals surface area contributed by atoms with Crippen LogP contribution in [0.4, 0.5) is 0 Å². The van der Waals surface area contributed by atoms with E-state index in [1.54, 1.807) is 0 Å². The van der Waals surface area contributed by atoms with Gasteiger partial charge in [-0.25, -0.2) is 0 Å². The van der Waals surface area contributed by atoms with Gasteiger partial charge >= 0.3 is 0 Å². The Balaban J connectivity index is 2.01. The van der Waals surface area contributed by atoms with E-state index in [4.69, 9.17) is 0 Å². The van der Waals surface area contributed by atoms with Crippen LogP contribution in [0.3, 0.4) is 0 Å². The van der Waals surface area contributed by atoms with Gasteiger partial charge in [0, 0.05) is 32.1 Å². The van der Waals surface area contributed by atoms with Gasteiger partial charge < -0.3 is 10.2 Å². The minimum absolute atomic E-state index is 0.645. The minimum atomic E-state index is 0.645. The van der Waals surface area contributed by atoms with E-state index in [9.17, 15) is 0 Å². The van der Waals surface area contributed by atoms with Crippen molar-refractivity contribution >= 4 is 5.96 Å². The first-order chi connectivity index (χ1) is 8.85. The number of guanidine groups is 1. The second-order valence-electron chi connectivity index (χ2n) is 4.67. The van der Waals surface area contributed by atoms with Gasteiger partial charge in [-0.1, -0.05) is 30.3 Å². The van der Waals surface area contributed by atoms with Crippen molar-refractivity contribution in [1.29, 1.82) is 0 Å². The summed E-state index contributed by atoms with van der Waals surface area (Å²) in [5, 5.41) is 3.37. The molecule has 0 saturated carbocycles. The quantitative estimate of drug-likeness (QED) is 0.654. The van der Waals surface area contributed by atoms with E-state index >= 15 is 0 Å². The zero-order valence-electron chi connectivity index (χ0n) is 11.4. The number of rotatable bonds is 3. The van der Waals surface area contributed by atoms with Crippen molar-refractivity contribution in [2.75, 3.05) is 26.2 Å². The lowest BCUT2D eigenvalue weighted by atomic mass is 9.99. The molecular weight excluding hydrogens is 222 g/mol. The van der Waals surface area contributed by atoms with Crippen LogP contribution in [0.1, 0.15) is 31.7 Å². The van der Waals surface area contributed by atoms with Gasteiger partial charge in [0.1, 0.15) is 0 Å². The molecule has 3 heteroatoms. The maximum atomic E-state index is 4.56. The highest BCUT2D eigenvalue weighted by Gasteiger charge is 2.25. The van der Waals surface area contributed by atoms with Crippen LogP contribution < -0.4 is 5.32 Å². The maximum Gasteiger partial charge on any atom is 0.193 e. The number of hydrogen-bond donors (Lipinski definition) is 1. The lowest BCUT2D eigenvalue weighted by Crippen LogP contribution is -2.40. The van der Waals surface area contributed by atoms with Gasteiger partial charge in [-0.2, -0.15) is 0 Å². The molecule has 0 radical (unpaired) electrons. The predicted molar refractivity (Wildman–Crippen MR) is 77.0 cm³/mol. The Morgan fingerprint density at radius 3 is 2.78 bits per heavy atom. The lowest BCUT2D eigenvalue weighted by Gasteiger charge is -2.21. The van der Waals surface area contributed by atoms with Crippen LogP contribution in [0, 0.1) is 0 Å². The molecule has 3 nitrogen and oxygen atoms in total. The van der Waals surface area contributed by atoms with Crippen LogP contribution in [0.15, 0.2) is 35.3 Å². The number of likely N-dealkylation sites (tertiary alicyclic amines) is 1. The Hall–Kier alpha value is -1.51. The van der Waals surface area contributed by atoms with Crippen molar-refractivity contribution in [1.82, 2.24) is 10.2 Å². The average molecular weight is 245 g/mol. The largest absolute Gasteiger partial charge is 0.357 e. The van der Waals surface area contributed by atoms with E-state index in [1.165, 1.54) is 12.0 Å². The van der Waals surface area contributed by atoms with Crippen molar-refractivity contribution in [2.45, 2.75) is 26.2 Å². The zero-order valence-corrected chi connectivity index (χ0v) is 11.4. The van der Waals surface area contributed by atoms with Gasteiger partial charge in [-0.15, -0.1) is 0 Å². The van der Waals surface area contributed by atoms with Crippen molar-refractivity contribution in [3.05, 3.63) is 35.9 Å². The normalized spacial score (nSPS) is 20.2. The van der Waals surface area contributed by atoms with Crippen LogP contribution in [0.5, 0.6) is 0 Å². The number of hydrogen-bond acceptors (Lipinski definition) is 1. The Kier molecular flexibility index (Phi) is 4.62. The Morgan fingerprint density at radius 1 is 1.33 bits per heavy atom. The standard InChI is InChI=1S/C15H23N3/c1-3-16-15(17-4-2)18-11-10-14(12-18)13-8-6-5-7-9-13/h5-9,14H,3-4,10-12H2,1-2H3,(H,16,17). The molecular formula is C15H23N3. The topological polar surface area (TPSA) is 27.6 Å². The predicted octanol–water partition coefficient (Wildman–Crippen LogP) is 2.46. The summed E-state index contributed by atoms with van der Waals surface area (Å²) in [5.41, 5.74) is 1.45. The molecule has 98 valence electrons. The summed E-state index contributed by atoms with van der Waals surface area (Å²) in [6, 6.07) is 10.8. The molecule has 1 fully saturated rings. The highest BCUT2D eigenvalue weighted by molar-refractivity contribution is 5.80. The molecule has 1 aliphatic heterocycles. The van der Waals surface area contributed by atoms with Crippen LogP contribution >= 0.6 is 0 Å². The molecule has 0 bridgehead atoms. The smallest absolute Gasteiger partial charge is 0.193 e. The molecule has 1 aromatic carbocycles. The fraction of sp³-hybridized carbons (Fsp3) is 0.533. The third-order valence-electron chi connectivity index (χ3n) is 3.40. The molecule has 1 atom stereocenters. The summed E-state index contributed by atoms with van der Waals surface area (Å²) in [4.78, 5) is 6.94. The molecule has 0 amide bonds. The lowest BCUT2D eigenvalue weighted by molar-refractivity contribution is 0.487. The van der Waals surface area contributed by atoms with Gasteiger partial charge in [0.25, 0.3) is 0 Å². The summed E-state index contributed by atoms with van der Waals surface area (Å²) in [6.45, 7) is 8.17. The van der Waals surface area contributed by atoms with Crippen molar-refractivity contribution in [3.63, 3.8) is 0 Å². The van der Waals surface area contributed by atoms with Gasteiger partial charge in [0.15, 0.2) is 5.96 Å². The van der Waals surface area contributed by atoms with Gasteiger partial charge in [0.05, 0.1) is 0 Å². The molecule has 1 N–H and O–H groups in total. The molecule has 1 aromatic rings. The average Bonchev–Trinajstić information content (AvgIpc) is 2.89. The zero-order chi connectivity index (χ0) is 12.8. The van der Waals surface area contributed by atoms with Crippen molar-refractivity contribution < 1.29 is 0 Å². The molecule has 1 unspecified atom stereocenters. The van der Waals surface area contributed by atoms with Gasteiger partial charge in [-0.05, 0) is 25.8 Å². The van der Waals surface area contributed by atoms with E-state index in [1.807, 2.05) is 0 Å². The molecule has 1 saturated heterocycles. The van der Waals surface area contributed by atoms with Crippen molar-refractivity contribution in [3.8, 4) is 0 Å². The summed E-state index contributed by atoms with van der Waals surface area (Å²) in [7, 11) is 0. The Labute approximate surface area is 110 Å². The number of benzene rings is 1. The highest BCUT2D eigenvalue weighted by atomic mass is 15.3. The second-order valence-corrected chi connectivity index (χ2v) is 4.67. The number of nitrogens with zero attached hydrogens (tertiary/aromatic N) is 2. The Morgan fingerprint density at radius 2 is 2.11 bits per heavy atom. The fourth-order valence-corrected chi connectivity index (χ4v) is 2.53. The van der Waals surface area contributed by atoms with Crippen LogP contribution in [0.25, 0.3) is 0 Å². The third kappa shape index (κ3) is 3.03. The summed E-state index contributed by atoms with van der Waals surface area (Å²) in [6.07, 6.45) is 1.22. The molecule has 1 aliphatic rings. The first-order valence-electron chi connectivity index (χ1n) is 6.93. The molecule has 18 heavy (non-hydrogen) atoms. The minimum Gasteiger partial charge on any atom is -0.357 e. The van der Waals surface area contributed by atoms with E-state index in [-0.39, 0.29) is 0 Å². The number of nitrogens with one attached hydrogen (secondary N) is 1. The molecule has 1 heterocycles. The summed E-state index contributed by atoms with van der Waals surface area (Å²) >= 11 is 0. The van der Waals surface area contributed by atoms with E-state index in [0.29, 0.717) is 5.92 Å². The second kappa shape index (κ2) is 6.43. The number of aliphatic imine (C=N–C) groups is 1. The van der Waals surface area contributed by atoms with Crippen LogP contribution in [-0.4, -0.2) is 37.0 Å². The molecule has 0 aliphatic carbocycles. The third-order valence-corrected chi connectivity index (χ3v) is 3.40. The first kappa shape index (κ1) is 12.9.